The van der Waals surface area contributed by atoms with Gasteiger partial charge in [-0.05, 0) is 30.5 Å². The van der Waals surface area contributed by atoms with E-state index >= 15 is 0 Å². The van der Waals surface area contributed by atoms with Gasteiger partial charge >= 0.3 is 0 Å². The third-order valence-electron chi connectivity index (χ3n) is 4.05. The number of benzene rings is 1. The summed E-state index contributed by atoms with van der Waals surface area (Å²) >= 11 is 0. The van der Waals surface area contributed by atoms with Crippen LogP contribution in [0.1, 0.15) is 28.9 Å². The lowest BCUT2D eigenvalue weighted by molar-refractivity contribution is 0.0853. The summed E-state index contributed by atoms with van der Waals surface area (Å²) in [4.78, 5) is 20.4. The molecule has 1 aromatic heterocycles. The molecule has 1 fully saturated rings. The maximum Gasteiger partial charge on any atom is 0.270 e. The number of hydrogen-bond donors (Lipinski definition) is 2. The lowest BCUT2D eigenvalue weighted by Gasteiger charge is -2.11. The van der Waals surface area contributed by atoms with Crippen LogP contribution in [-0.4, -0.2) is 42.2 Å². The van der Waals surface area contributed by atoms with Gasteiger partial charge in [-0.15, -0.1) is 0 Å². The van der Waals surface area contributed by atoms with Gasteiger partial charge in [0.05, 0.1) is 13.2 Å². The van der Waals surface area contributed by atoms with E-state index in [0.29, 0.717) is 24.6 Å². The topological polar surface area (TPSA) is 85.4 Å². The van der Waals surface area contributed by atoms with E-state index in [-0.39, 0.29) is 12.0 Å². The van der Waals surface area contributed by atoms with Gasteiger partial charge in [0.2, 0.25) is 0 Å². The zero-order valence-corrected chi connectivity index (χ0v) is 14.2. The molecule has 1 atom stereocenters. The van der Waals surface area contributed by atoms with Crippen molar-refractivity contribution in [1.29, 1.82) is 0 Å². The second-order valence-electron chi connectivity index (χ2n) is 5.84. The highest BCUT2D eigenvalue weighted by Crippen LogP contribution is 2.13. The van der Waals surface area contributed by atoms with Crippen LogP contribution < -0.4 is 15.4 Å². The number of methoxy groups -OCH3 is 1. The molecule has 2 N–H and O–H groups in total. The van der Waals surface area contributed by atoms with Gasteiger partial charge in [0.1, 0.15) is 23.6 Å². The molecule has 0 aliphatic carbocycles. The Bertz CT molecular complexity index is 700. The van der Waals surface area contributed by atoms with Crippen LogP contribution in [0.3, 0.4) is 0 Å². The summed E-state index contributed by atoms with van der Waals surface area (Å²) in [5.41, 5.74) is 1.43. The minimum atomic E-state index is -0.217. The summed E-state index contributed by atoms with van der Waals surface area (Å²) in [6.07, 6.45) is 3.53. The van der Waals surface area contributed by atoms with E-state index in [2.05, 4.69) is 20.6 Å². The number of rotatable bonds is 7. The number of ether oxygens (including phenoxy) is 2. The van der Waals surface area contributed by atoms with E-state index in [9.17, 15) is 4.79 Å². The van der Waals surface area contributed by atoms with Crippen LogP contribution in [0, 0.1) is 0 Å². The molecule has 1 amide bonds. The van der Waals surface area contributed by atoms with Gasteiger partial charge in [-0.1, -0.05) is 12.1 Å². The Balaban J connectivity index is 1.53. The fourth-order valence-electron chi connectivity index (χ4n) is 2.62. The number of aromatic nitrogens is 2. The molecule has 132 valence electrons. The molecule has 25 heavy (non-hydrogen) atoms. The standard InChI is InChI=1S/C18H22N4O3/c1-24-14-6-4-13(5-7-14)10-19-17-9-16(21-12-22-17)18(23)20-11-15-3-2-8-25-15/h4-7,9,12,15H,2-3,8,10-11H2,1H3,(H,20,23)(H,19,21,22). The molecule has 0 radical (unpaired) electrons. The Kier molecular flexibility index (Phi) is 5.79. The normalized spacial score (nSPS) is 16.4. The van der Waals surface area contributed by atoms with Crippen molar-refractivity contribution in [1.82, 2.24) is 15.3 Å². The summed E-state index contributed by atoms with van der Waals surface area (Å²) in [7, 11) is 1.64. The van der Waals surface area contributed by atoms with Gasteiger partial charge in [-0.3, -0.25) is 4.79 Å². The number of nitrogens with one attached hydrogen (secondary N) is 2. The first kappa shape index (κ1) is 17.2. The summed E-state index contributed by atoms with van der Waals surface area (Å²) in [5, 5.41) is 6.05. The van der Waals surface area contributed by atoms with E-state index in [1.807, 2.05) is 24.3 Å². The van der Waals surface area contributed by atoms with E-state index in [1.165, 1.54) is 6.33 Å². The number of nitrogens with zero attached hydrogens (tertiary/aromatic N) is 2. The Hall–Kier alpha value is -2.67. The molecule has 3 rings (SSSR count). The maximum absolute atomic E-state index is 12.2. The summed E-state index contributed by atoms with van der Waals surface area (Å²) < 4.78 is 10.6. The van der Waals surface area contributed by atoms with Crippen LogP contribution >= 0.6 is 0 Å². The summed E-state index contributed by atoms with van der Waals surface area (Å²) in [6, 6.07) is 9.40. The van der Waals surface area contributed by atoms with Gasteiger partial charge in [0.15, 0.2) is 0 Å². The molecular weight excluding hydrogens is 320 g/mol. The van der Waals surface area contributed by atoms with Crippen molar-refractivity contribution in [2.45, 2.75) is 25.5 Å². The SMILES string of the molecule is COc1ccc(CNc2cc(C(=O)NCC3CCCO3)ncn2)cc1. The molecule has 1 aliphatic rings. The smallest absolute Gasteiger partial charge is 0.270 e. The molecule has 0 bridgehead atoms. The average molecular weight is 342 g/mol. The van der Waals surface area contributed by atoms with E-state index in [0.717, 1.165) is 30.8 Å². The third-order valence-corrected chi connectivity index (χ3v) is 4.05. The minimum Gasteiger partial charge on any atom is -0.497 e. The van der Waals surface area contributed by atoms with Crippen LogP contribution in [-0.2, 0) is 11.3 Å². The van der Waals surface area contributed by atoms with Crippen molar-refractivity contribution in [2.75, 3.05) is 25.6 Å². The van der Waals surface area contributed by atoms with Crippen molar-refractivity contribution >= 4 is 11.7 Å². The highest BCUT2D eigenvalue weighted by atomic mass is 16.5. The number of anilines is 1. The molecule has 1 unspecified atom stereocenters. The van der Waals surface area contributed by atoms with Crippen molar-refractivity contribution in [3.63, 3.8) is 0 Å². The molecule has 7 heteroatoms. The molecule has 7 nitrogen and oxygen atoms in total. The Morgan fingerprint density at radius 2 is 2.16 bits per heavy atom. The first-order valence-electron chi connectivity index (χ1n) is 8.33. The van der Waals surface area contributed by atoms with Crippen LogP contribution in [0.2, 0.25) is 0 Å². The Labute approximate surface area is 146 Å². The first-order chi connectivity index (χ1) is 12.2. The molecule has 1 aliphatic heterocycles. The first-order valence-corrected chi connectivity index (χ1v) is 8.33. The lowest BCUT2D eigenvalue weighted by Crippen LogP contribution is -2.32. The van der Waals surface area contributed by atoms with Gasteiger partial charge in [0, 0.05) is 25.8 Å². The molecular formula is C18H22N4O3. The molecule has 0 saturated carbocycles. The zero-order valence-electron chi connectivity index (χ0n) is 14.2. The highest BCUT2D eigenvalue weighted by molar-refractivity contribution is 5.92. The predicted octanol–water partition coefficient (Wildman–Crippen LogP) is 2.01. The van der Waals surface area contributed by atoms with Crippen LogP contribution in [0.15, 0.2) is 36.7 Å². The molecule has 2 aromatic rings. The minimum absolute atomic E-state index is 0.110. The molecule has 1 saturated heterocycles. The predicted molar refractivity (Wildman–Crippen MR) is 93.7 cm³/mol. The van der Waals surface area contributed by atoms with Crippen molar-refractivity contribution in [3.8, 4) is 5.75 Å². The van der Waals surface area contributed by atoms with E-state index in [1.54, 1.807) is 13.2 Å². The van der Waals surface area contributed by atoms with Crippen molar-refractivity contribution in [2.24, 2.45) is 0 Å². The molecule has 0 spiro atoms. The Morgan fingerprint density at radius 3 is 2.88 bits per heavy atom. The summed E-state index contributed by atoms with van der Waals surface area (Å²) in [6.45, 7) is 1.88. The van der Waals surface area contributed by atoms with Gasteiger partial charge in [-0.25, -0.2) is 9.97 Å². The number of amides is 1. The zero-order chi connectivity index (χ0) is 17.5. The van der Waals surface area contributed by atoms with Crippen LogP contribution in [0.25, 0.3) is 0 Å². The van der Waals surface area contributed by atoms with Crippen LogP contribution in [0.4, 0.5) is 5.82 Å². The number of hydrogen-bond acceptors (Lipinski definition) is 6. The van der Waals surface area contributed by atoms with Gasteiger partial charge < -0.3 is 20.1 Å². The second-order valence-corrected chi connectivity index (χ2v) is 5.84. The van der Waals surface area contributed by atoms with E-state index in [4.69, 9.17) is 9.47 Å². The van der Waals surface area contributed by atoms with Gasteiger partial charge in [0.25, 0.3) is 5.91 Å². The molecule has 1 aromatic carbocycles. The Morgan fingerprint density at radius 1 is 1.32 bits per heavy atom. The van der Waals surface area contributed by atoms with Crippen molar-refractivity contribution in [3.05, 3.63) is 47.9 Å². The fraction of sp³-hybridized carbons (Fsp3) is 0.389. The third kappa shape index (κ3) is 4.90. The van der Waals surface area contributed by atoms with Gasteiger partial charge in [-0.2, -0.15) is 0 Å². The van der Waals surface area contributed by atoms with E-state index < -0.39 is 0 Å². The average Bonchev–Trinajstić information content (AvgIpc) is 3.19. The van der Waals surface area contributed by atoms with Crippen molar-refractivity contribution < 1.29 is 14.3 Å². The monoisotopic (exact) mass is 342 g/mol. The quantitative estimate of drug-likeness (QED) is 0.801. The number of carbonyl (C=O) groups is 1. The maximum atomic E-state index is 12.2. The molecule has 2 heterocycles. The van der Waals surface area contributed by atoms with Crippen LogP contribution in [0.5, 0.6) is 5.75 Å². The number of carbonyl (C=O) groups excluding carboxylic acids is 1. The summed E-state index contributed by atoms with van der Waals surface area (Å²) in [5.74, 6) is 1.20. The second kappa shape index (κ2) is 8.43. The largest absolute Gasteiger partial charge is 0.497 e. The fourth-order valence-corrected chi connectivity index (χ4v) is 2.62. The highest BCUT2D eigenvalue weighted by Gasteiger charge is 2.17. The lowest BCUT2D eigenvalue weighted by atomic mass is 10.2.